The van der Waals surface area contributed by atoms with Crippen LogP contribution in [0.1, 0.15) is 19.3 Å². The largest absolute Gasteiger partial charge is 0.0607 e. The molecule has 0 fully saturated rings. The van der Waals surface area contributed by atoms with Crippen molar-refractivity contribution in [3.63, 3.8) is 0 Å². The van der Waals surface area contributed by atoms with Crippen LogP contribution in [-0.2, 0) is 0 Å². The van der Waals surface area contributed by atoms with Crippen molar-refractivity contribution in [3.05, 3.63) is 19.5 Å². The van der Waals surface area contributed by atoms with Crippen molar-refractivity contribution in [2.24, 2.45) is 0 Å². The molecule has 0 aliphatic heterocycles. The molecule has 0 spiro atoms. The molecule has 0 N–H and O–H groups in total. The molecular formula is C7H7Br3. The lowest BCUT2D eigenvalue weighted by Gasteiger charge is -1.92. The van der Waals surface area contributed by atoms with Crippen LogP contribution in [0.4, 0.5) is 0 Å². The van der Waals surface area contributed by atoms with Gasteiger partial charge in [-0.2, -0.15) is 0 Å². The van der Waals surface area contributed by atoms with Gasteiger partial charge in [-0.3, -0.25) is 0 Å². The minimum absolute atomic E-state index is 1.02. The second-order valence-electron chi connectivity index (χ2n) is 2.22. The molecule has 1 aliphatic carbocycles. The maximum Gasteiger partial charge on any atom is 0.0607 e. The van der Waals surface area contributed by atoms with E-state index in [9.17, 15) is 0 Å². The molecule has 0 nitrogen and oxygen atoms in total. The summed E-state index contributed by atoms with van der Waals surface area (Å²) >= 11 is 10.2. The van der Waals surface area contributed by atoms with Crippen LogP contribution in [0.15, 0.2) is 19.5 Å². The Bertz CT molecular complexity index is 187. The third kappa shape index (κ3) is 2.51. The second kappa shape index (κ2) is 4.07. The van der Waals surface area contributed by atoms with Gasteiger partial charge >= 0.3 is 0 Å². The number of allylic oxidation sites excluding steroid dienone is 3. The van der Waals surface area contributed by atoms with E-state index < -0.39 is 0 Å². The van der Waals surface area contributed by atoms with Gasteiger partial charge in [0.15, 0.2) is 0 Å². The lowest BCUT2D eigenvalue weighted by atomic mass is 10.2. The Morgan fingerprint density at radius 3 is 2.40 bits per heavy atom. The van der Waals surface area contributed by atoms with Crippen LogP contribution in [0.25, 0.3) is 0 Å². The van der Waals surface area contributed by atoms with Crippen molar-refractivity contribution in [3.8, 4) is 0 Å². The highest BCUT2D eigenvalue weighted by atomic mass is 79.9. The van der Waals surface area contributed by atoms with E-state index in [1.807, 2.05) is 0 Å². The first-order valence-corrected chi connectivity index (χ1v) is 5.48. The molecule has 0 heterocycles. The van der Waals surface area contributed by atoms with Crippen molar-refractivity contribution in [1.82, 2.24) is 0 Å². The number of hydrogen-bond donors (Lipinski definition) is 0. The highest BCUT2D eigenvalue weighted by Gasteiger charge is 2.09. The van der Waals surface area contributed by atoms with E-state index in [2.05, 4.69) is 53.9 Å². The van der Waals surface area contributed by atoms with Crippen LogP contribution in [0.5, 0.6) is 0 Å². The summed E-state index contributed by atoms with van der Waals surface area (Å²) < 4.78 is 2.37. The molecule has 0 aromatic carbocycles. The fourth-order valence-electron chi connectivity index (χ4n) is 1.01. The van der Waals surface area contributed by atoms with Crippen molar-refractivity contribution < 1.29 is 0 Å². The Kier molecular flexibility index (Phi) is 3.67. The van der Waals surface area contributed by atoms with E-state index in [1.165, 1.54) is 29.3 Å². The summed E-state index contributed by atoms with van der Waals surface area (Å²) in [5.74, 6) is 0. The first-order valence-electron chi connectivity index (χ1n) is 3.10. The third-order valence-corrected chi connectivity index (χ3v) is 2.84. The zero-order valence-corrected chi connectivity index (χ0v) is 10.1. The zero-order chi connectivity index (χ0) is 7.56. The van der Waals surface area contributed by atoms with Gasteiger partial charge in [-0.1, -0.05) is 15.9 Å². The van der Waals surface area contributed by atoms with Gasteiger partial charge in [0.2, 0.25) is 0 Å². The van der Waals surface area contributed by atoms with Gasteiger partial charge in [0.25, 0.3) is 0 Å². The van der Waals surface area contributed by atoms with Gasteiger partial charge in [0.1, 0.15) is 0 Å². The van der Waals surface area contributed by atoms with Crippen molar-refractivity contribution in [2.75, 3.05) is 0 Å². The van der Waals surface area contributed by atoms with E-state index in [-0.39, 0.29) is 0 Å². The molecule has 0 atom stereocenters. The normalized spacial score (nSPS) is 17.9. The van der Waals surface area contributed by atoms with E-state index in [4.69, 9.17) is 0 Å². The summed E-state index contributed by atoms with van der Waals surface area (Å²) in [5.41, 5.74) is 1.41. The van der Waals surface area contributed by atoms with Crippen molar-refractivity contribution >= 4 is 47.8 Å². The number of rotatable bonds is 1. The monoisotopic (exact) mass is 328 g/mol. The molecule has 10 heavy (non-hydrogen) atoms. The molecule has 0 bridgehead atoms. The molecule has 0 radical (unpaired) electrons. The molecule has 1 aliphatic rings. The van der Waals surface area contributed by atoms with Crippen LogP contribution < -0.4 is 0 Å². The summed E-state index contributed by atoms with van der Waals surface area (Å²) in [4.78, 5) is 0. The van der Waals surface area contributed by atoms with Crippen molar-refractivity contribution in [1.29, 1.82) is 0 Å². The van der Waals surface area contributed by atoms with Crippen LogP contribution in [0, 0.1) is 0 Å². The molecular weight excluding hydrogens is 324 g/mol. The third-order valence-electron chi connectivity index (χ3n) is 1.47. The Balaban J connectivity index is 2.72. The Labute approximate surface area is 86.1 Å². The van der Waals surface area contributed by atoms with E-state index in [0.29, 0.717) is 0 Å². The van der Waals surface area contributed by atoms with Gasteiger partial charge in [-0.15, -0.1) is 0 Å². The molecule has 56 valence electrons. The summed E-state index contributed by atoms with van der Waals surface area (Å²) in [7, 11) is 0. The highest BCUT2D eigenvalue weighted by Crippen LogP contribution is 2.33. The summed E-state index contributed by atoms with van der Waals surface area (Å²) in [6.07, 6.45) is 5.77. The predicted octanol–water partition coefficient (Wildman–Crippen LogP) is 4.45. The standard InChI is InChI=1S/C7H7Br3/c8-6-3-1-2-5(6)4-7(9)10/h4H,1-3H2. The minimum atomic E-state index is 1.02. The zero-order valence-electron chi connectivity index (χ0n) is 5.33. The van der Waals surface area contributed by atoms with Crippen molar-refractivity contribution in [2.45, 2.75) is 19.3 Å². The minimum Gasteiger partial charge on any atom is -0.0554 e. The van der Waals surface area contributed by atoms with Gasteiger partial charge in [-0.25, -0.2) is 0 Å². The first kappa shape index (κ1) is 9.01. The number of halogens is 3. The lowest BCUT2D eigenvalue weighted by Crippen LogP contribution is -1.69. The first-order chi connectivity index (χ1) is 4.70. The predicted molar refractivity (Wildman–Crippen MR) is 55.7 cm³/mol. The topological polar surface area (TPSA) is 0 Å². The average Bonchev–Trinajstić information content (AvgIpc) is 2.15. The van der Waals surface area contributed by atoms with Gasteiger partial charge in [0, 0.05) is 0 Å². The summed E-state index contributed by atoms with van der Waals surface area (Å²) in [5, 5.41) is 0. The van der Waals surface area contributed by atoms with Gasteiger partial charge in [-0.05, 0) is 67.3 Å². The maximum absolute atomic E-state index is 3.53. The van der Waals surface area contributed by atoms with Gasteiger partial charge in [0.05, 0.1) is 3.39 Å². The summed E-state index contributed by atoms with van der Waals surface area (Å²) in [6.45, 7) is 0. The highest BCUT2D eigenvalue weighted by molar-refractivity contribution is 9.28. The fraction of sp³-hybridized carbons (Fsp3) is 0.429. The Morgan fingerprint density at radius 1 is 1.30 bits per heavy atom. The molecule has 0 aromatic heterocycles. The van der Waals surface area contributed by atoms with Crippen LogP contribution >= 0.6 is 47.8 Å². The molecule has 3 heteroatoms. The second-order valence-corrected chi connectivity index (χ2v) is 5.95. The smallest absolute Gasteiger partial charge is 0.0554 e. The molecule has 0 saturated carbocycles. The van der Waals surface area contributed by atoms with E-state index in [1.54, 1.807) is 0 Å². The fourth-order valence-corrected chi connectivity index (χ4v) is 2.16. The summed E-state index contributed by atoms with van der Waals surface area (Å²) in [6, 6.07) is 0. The Morgan fingerprint density at radius 2 is 2.00 bits per heavy atom. The van der Waals surface area contributed by atoms with Crippen LogP contribution in [-0.4, -0.2) is 0 Å². The number of hydrogen-bond acceptors (Lipinski definition) is 0. The molecule has 0 saturated heterocycles. The van der Waals surface area contributed by atoms with E-state index >= 15 is 0 Å². The average molecular weight is 331 g/mol. The molecule has 1 rings (SSSR count). The van der Waals surface area contributed by atoms with E-state index in [0.717, 1.165) is 3.39 Å². The molecule has 0 unspecified atom stereocenters. The van der Waals surface area contributed by atoms with Crippen LogP contribution in [0.3, 0.4) is 0 Å². The van der Waals surface area contributed by atoms with Crippen LogP contribution in [0.2, 0.25) is 0 Å². The molecule has 0 aromatic rings. The lowest BCUT2D eigenvalue weighted by molar-refractivity contribution is 0.914. The van der Waals surface area contributed by atoms with Gasteiger partial charge < -0.3 is 0 Å². The Hall–Kier alpha value is 0.920. The SMILES string of the molecule is BrC(Br)=CC1=C(Br)CCC1. The molecule has 0 amide bonds. The quantitative estimate of drug-likeness (QED) is 0.666. The maximum atomic E-state index is 3.53.